The van der Waals surface area contributed by atoms with E-state index in [0.29, 0.717) is 12.6 Å². The Labute approximate surface area is 160 Å². The molecule has 0 N–H and O–H groups in total. The number of thiophene rings is 1. The van der Waals surface area contributed by atoms with Gasteiger partial charge in [-0.3, -0.25) is 9.69 Å². The molecule has 0 spiro atoms. The lowest BCUT2D eigenvalue weighted by Crippen LogP contribution is -2.49. The SMILES string of the molecule is Cc1nc(CN2C(=O)c3cccn3[C@@H]3CN(Cc4cccs4)C[C@@H]32)cs1. The van der Waals surface area contributed by atoms with E-state index in [1.165, 1.54) is 4.88 Å². The highest BCUT2D eigenvalue weighted by atomic mass is 32.1. The van der Waals surface area contributed by atoms with Gasteiger partial charge in [-0.2, -0.15) is 0 Å². The zero-order chi connectivity index (χ0) is 17.7. The number of carbonyl (C=O) groups is 1. The number of aromatic nitrogens is 2. The standard InChI is InChI=1S/C19H20N4OS2/c1-13-20-14(12-26-13)8-23-18-11-21(9-15-4-3-7-25-15)10-17(18)22-6-2-5-16(22)19(23)24/h2-7,12,17-18H,8-11H2,1H3/t17-,18+/m1/s1. The molecule has 2 aliphatic heterocycles. The maximum atomic E-state index is 13.1. The highest BCUT2D eigenvalue weighted by molar-refractivity contribution is 7.10. The summed E-state index contributed by atoms with van der Waals surface area (Å²) >= 11 is 3.45. The van der Waals surface area contributed by atoms with Crippen molar-refractivity contribution >= 4 is 28.6 Å². The third kappa shape index (κ3) is 2.71. The number of fused-ring (bicyclic) bond motifs is 3. The number of rotatable bonds is 4. The predicted octanol–water partition coefficient (Wildman–Crippen LogP) is 3.40. The molecule has 3 aromatic rings. The lowest BCUT2D eigenvalue weighted by molar-refractivity contribution is 0.0554. The van der Waals surface area contributed by atoms with Crippen LogP contribution in [-0.2, 0) is 13.1 Å². The summed E-state index contributed by atoms with van der Waals surface area (Å²) in [4.78, 5) is 23.6. The molecule has 5 rings (SSSR count). The van der Waals surface area contributed by atoms with Gasteiger partial charge in [0, 0.05) is 36.1 Å². The zero-order valence-electron chi connectivity index (χ0n) is 14.5. The smallest absolute Gasteiger partial charge is 0.271 e. The molecule has 134 valence electrons. The Morgan fingerprint density at radius 1 is 1.15 bits per heavy atom. The van der Waals surface area contributed by atoms with Crippen molar-refractivity contribution in [2.24, 2.45) is 0 Å². The number of hydrogen-bond donors (Lipinski definition) is 0. The van der Waals surface area contributed by atoms with Crippen molar-refractivity contribution in [3.05, 3.63) is 62.5 Å². The van der Waals surface area contributed by atoms with Gasteiger partial charge in [0.15, 0.2) is 0 Å². The fourth-order valence-electron chi connectivity index (χ4n) is 4.19. The summed E-state index contributed by atoms with van der Waals surface area (Å²) in [5.74, 6) is 0.125. The van der Waals surface area contributed by atoms with Crippen molar-refractivity contribution in [2.75, 3.05) is 13.1 Å². The van der Waals surface area contributed by atoms with Crippen molar-refractivity contribution in [3.8, 4) is 0 Å². The number of carbonyl (C=O) groups excluding carboxylic acids is 1. The largest absolute Gasteiger partial charge is 0.337 e. The second-order valence-corrected chi connectivity index (χ2v) is 9.09. The van der Waals surface area contributed by atoms with Gasteiger partial charge < -0.3 is 9.47 Å². The van der Waals surface area contributed by atoms with Crippen LogP contribution in [0, 0.1) is 6.92 Å². The first kappa shape index (κ1) is 16.2. The molecule has 7 heteroatoms. The summed E-state index contributed by atoms with van der Waals surface area (Å²) in [5, 5.41) is 5.25. The molecule has 0 bridgehead atoms. The first-order valence-electron chi connectivity index (χ1n) is 8.82. The normalized spacial score (nSPS) is 22.7. The maximum absolute atomic E-state index is 13.1. The van der Waals surface area contributed by atoms with Gasteiger partial charge in [0.2, 0.25) is 0 Å². The van der Waals surface area contributed by atoms with Crippen LogP contribution in [0.2, 0.25) is 0 Å². The second kappa shape index (κ2) is 6.33. The third-order valence-corrected chi connectivity index (χ3v) is 6.99. The molecule has 1 amide bonds. The summed E-state index contributed by atoms with van der Waals surface area (Å²) in [6.07, 6.45) is 2.06. The van der Waals surface area contributed by atoms with Gasteiger partial charge in [-0.25, -0.2) is 4.98 Å². The summed E-state index contributed by atoms with van der Waals surface area (Å²) in [6, 6.07) is 8.74. The van der Waals surface area contributed by atoms with Crippen molar-refractivity contribution < 1.29 is 4.79 Å². The van der Waals surface area contributed by atoms with E-state index in [1.54, 1.807) is 22.7 Å². The fourth-order valence-corrected chi connectivity index (χ4v) is 5.53. The number of thiazole rings is 1. The minimum absolute atomic E-state index is 0.125. The van der Waals surface area contributed by atoms with Crippen LogP contribution in [0.4, 0.5) is 0 Å². The number of nitrogens with zero attached hydrogens (tertiary/aromatic N) is 4. The lowest BCUT2D eigenvalue weighted by Gasteiger charge is -2.38. The quantitative estimate of drug-likeness (QED) is 0.692. The zero-order valence-corrected chi connectivity index (χ0v) is 16.2. The molecule has 0 saturated carbocycles. The minimum atomic E-state index is 0.125. The molecular weight excluding hydrogens is 364 g/mol. The summed E-state index contributed by atoms with van der Waals surface area (Å²) < 4.78 is 2.18. The summed E-state index contributed by atoms with van der Waals surface area (Å²) in [6.45, 7) is 5.46. The van der Waals surface area contributed by atoms with Crippen molar-refractivity contribution in [3.63, 3.8) is 0 Å². The molecule has 0 aliphatic carbocycles. The molecule has 0 radical (unpaired) electrons. The van der Waals surface area contributed by atoms with E-state index in [9.17, 15) is 4.79 Å². The Bertz CT molecular complexity index is 929. The number of aryl methyl sites for hydroxylation is 1. The third-order valence-electron chi connectivity index (χ3n) is 5.31. The van der Waals surface area contributed by atoms with Crippen molar-refractivity contribution in [2.45, 2.75) is 32.1 Å². The first-order valence-corrected chi connectivity index (χ1v) is 10.6. The Morgan fingerprint density at radius 3 is 2.81 bits per heavy atom. The van der Waals surface area contributed by atoms with E-state index in [4.69, 9.17) is 0 Å². The van der Waals surface area contributed by atoms with Crippen LogP contribution in [0.1, 0.15) is 32.1 Å². The summed E-state index contributed by atoms with van der Waals surface area (Å²) in [7, 11) is 0. The number of likely N-dealkylation sites (tertiary alicyclic amines) is 1. The van der Waals surface area contributed by atoms with Crippen LogP contribution in [-0.4, -0.2) is 44.4 Å². The minimum Gasteiger partial charge on any atom is -0.337 e. The topological polar surface area (TPSA) is 41.4 Å². The highest BCUT2D eigenvalue weighted by Crippen LogP contribution is 2.35. The Hall–Kier alpha value is -1.96. The molecule has 1 saturated heterocycles. The van der Waals surface area contributed by atoms with Crippen molar-refractivity contribution in [1.29, 1.82) is 0 Å². The van der Waals surface area contributed by atoms with Gasteiger partial charge in [-0.1, -0.05) is 6.07 Å². The van der Waals surface area contributed by atoms with Gasteiger partial charge in [-0.15, -0.1) is 22.7 Å². The Kier molecular flexibility index (Phi) is 3.95. The molecule has 2 aliphatic rings. The van der Waals surface area contributed by atoms with Crippen LogP contribution < -0.4 is 0 Å². The first-order chi connectivity index (χ1) is 12.7. The van der Waals surface area contributed by atoms with E-state index in [-0.39, 0.29) is 11.9 Å². The molecule has 0 unspecified atom stereocenters. The molecule has 5 nitrogen and oxygen atoms in total. The number of amides is 1. The monoisotopic (exact) mass is 384 g/mol. The van der Waals surface area contributed by atoms with Gasteiger partial charge in [0.05, 0.1) is 29.3 Å². The highest BCUT2D eigenvalue weighted by Gasteiger charge is 2.45. The lowest BCUT2D eigenvalue weighted by atomic mass is 10.1. The van der Waals surface area contributed by atoms with Gasteiger partial charge >= 0.3 is 0 Å². The van der Waals surface area contributed by atoms with E-state index < -0.39 is 0 Å². The molecule has 26 heavy (non-hydrogen) atoms. The predicted molar refractivity (Wildman–Crippen MR) is 104 cm³/mol. The molecular formula is C19H20N4OS2. The fraction of sp³-hybridized carbons (Fsp3) is 0.368. The molecule has 2 atom stereocenters. The Morgan fingerprint density at radius 2 is 2.04 bits per heavy atom. The van der Waals surface area contributed by atoms with Crippen LogP contribution >= 0.6 is 22.7 Å². The van der Waals surface area contributed by atoms with Gasteiger partial charge in [-0.05, 0) is 30.5 Å². The molecule has 3 aromatic heterocycles. The molecule has 5 heterocycles. The van der Waals surface area contributed by atoms with E-state index in [0.717, 1.165) is 36.0 Å². The average molecular weight is 385 g/mol. The van der Waals surface area contributed by atoms with Crippen LogP contribution in [0.5, 0.6) is 0 Å². The van der Waals surface area contributed by atoms with Gasteiger partial charge in [0.25, 0.3) is 5.91 Å². The molecule has 1 fully saturated rings. The van der Waals surface area contributed by atoms with Crippen LogP contribution in [0.3, 0.4) is 0 Å². The number of hydrogen-bond acceptors (Lipinski definition) is 5. The van der Waals surface area contributed by atoms with E-state index >= 15 is 0 Å². The Balaban J connectivity index is 1.45. The van der Waals surface area contributed by atoms with Crippen LogP contribution in [0.15, 0.2) is 41.2 Å². The average Bonchev–Trinajstić information content (AvgIpc) is 3.39. The van der Waals surface area contributed by atoms with Gasteiger partial charge in [0.1, 0.15) is 5.69 Å². The molecule has 0 aromatic carbocycles. The van der Waals surface area contributed by atoms with Crippen molar-refractivity contribution in [1.82, 2.24) is 19.4 Å². The van der Waals surface area contributed by atoms with Crippen LogP contribution in [0.25, 0.3) is 0 Å². The summed E-state index contributed by atoms with van der Waals surface area (Å²) in [5.41, 5.74) is 1.80. The second-order valence-electron chi connectivity index (χ2n) is 7.00. The maximum Gasteiger partial charge on any atom is 0.271 e. The van der Waals surface area contributed by atoms with E-state index in [1.807, 2.05) is 24.0 Å². The van der Waals surface area contributed by atoms with E-state index in [2.05, 4.69) is 43.5 Å².